The third kappa shape index (κ3) is 5.91. The Hall–Kier alpha value is -3.73. The second kappa shape index (κ2) is 9.60. The van der Waals surface area contributed by atoms with E-state index in [1.807, 2.05) is 13.0 Å². The third-order valence-corrected chi connectivity index (χ3v) is 4.41. The van der Waals surface area contributed by atoms with Crippen molar-refractivity contribution in [2.75, 3.05) is 17.2 Å². The first-order chi connectivity index (χ1) is 15.2. The van der Waals surface area contributed by atoms with Gasteiger partial charge in [0.25, 0.3) is 0 Å². The first-order valence-corrected chi connectivity index (χ1v) is 9.51. The molecular weight excluding hydrogens is 427 g/mol. The summed E-state index contributed by atoms with van der Waals surface area (Å²) >= 11 is 0. The maximum atomic E-state index is 12.9. The Kier molecular flexibility index (Phi) is 6.89. The van der Waals surface area contributed by atoms with Crippen LogP contribution in [0.1, 0.15) is 17.7 Å². The van der Waals surface area contributed by atoms with Crippen LogP contribution < -0.4 is 10.6 Å². The Morgan fingerprint density at radius 3 is 2.53 bits per heavy atom. The van der Waals surface area contributed by atoms with Crippen molar-refractivity contribution in [1.82, 2.24) is 15.0 Å². The minimum Gasteiger partial charge on any atom is -0.480 e. The molecule has 3 aromatic rings. The minimum absolute atomic E-state index is 0.0310. The van der Waals surface area contributed by atoms with E-state index in [4.69, 9.17) is 10.2 Å². The molecular formula is C21H20F3N5O3. The molecule has 11 heteroatoms. The molecule has 0 saturated heterocycles. The van der Waals surface area contributed by atoms with E-state index in [1.54, 1.807) is 30.5 Å². The van der Waals surface area contributed by atoms with Gasteiger partial charge in [-0.15, -0.1) is 0 Å². The number of alkyl halides is 3. The van der Waals surface area contributed by atoms with E-state index in [0.717, 1.165) is 23.4 Å². The lowest BCUT2D eigenvalue weighted by Gasteiger charge is -2.14. The Labute approximate surface area is 181 Å². The molecule has 2 heterocycles. The zero-order valence-corrected chi connectivity index (χ0v) is 16.9. The van der Waals surface area contributed by atoms with E-state index in [-0.39, 0.29) is 19.0 Å². The fourth-order valence-corrected chi connectivity index (χ4v) is 2.94. The van der Waals surface area contributed by atoms with Crippen LogP contribution in [0.25, 0.3) is 11.1 Å². The number of carboxylic acid groups (broad SMARTS) is 1. The molecule has 8 nitrogen and oxygen atoms in total. The molecule has 1 atom stereocenters. The van der Waals surface area contributed by atoms with E-state index < -0.39 is 23.9 Å². The molecule has 3 rings (SSSR count). The number of halogens is 3. The zero-order valence-electron chi connectivity index (χ0n) is 16.9. The monoisotopic (exact) mass is 447 g/mol. The molecule has 32 heavy (non-hydrogen) atoms. The van der Waals surface area contributed by atoms with Gasteiger partial charge in [-0.3, -0.25) is 0 Å². The van der Waals surface area contributed by atoms with Gasteiger partial charge in [0.05, 0.1) is 0 Å². The van der Waals surface area contributed by atoms with Gasteiger partial charge in [0, 0.05) is 36.7 Å². The highest BCUT2D eigenvalue weighted by molar-refractivity contribution is 5.77. The van der Waals surface area contributed by atoms with E-state index in [0.29, 0.717) is 17.1 Å². The highest BCUT2D eigenvalue weighted by Crippen LogP contribution is 2.29. The SMILES string of the molecule is Cc1cc(Nc2nccc(C(F)(F)F)n2)cc(-c2ccc(NC(CCO)C(=O)O)nc2)c1. The highest BCUT2D eigenvalue weighted by atomic mass is 19.4. The summed E-state index contributed by atoms with van der Waals surface area (Å²) in [5.74, 6) is -0.952. The molecule has 0 radical (unpaired) electrons. The molecule has 2 aromatic heterocycles. The number of benzene rings is 1. The van der Waals surface area contributed by atoms with Gasteiger partial charge in [-0.2, -0.15) is 13.2 Å². The van der Waals surface area contributed by atoms with Crippen molar-refractivity contribution in [2.45, 2.75) is 25.6 Å². The van der Waals surface area contributed by atoms with Crippen LogP contribution in [-0.4, -0.2) is 43.8 Å². The number of anilines is 3. The predicted octanol–water partition coefficient (Wildman–Crippen LogP) is 3.86. The van der Waals surface area contributed by atoms with Gasteiger partial charge < -0.3 is 20.8 Å². The number of nitrogens with one attached hydrogen (secondary N) is 2. The third-order valence-electron chi connectivity index (χ3n) is 4.41. The molecule has 0 aliphatic rings. The van der Waals surface area contributed by atoms with Crippen molar-refractivity contribution in [3.63, 3.8) is 0 Å². The first kappa shape index (κ1) is 22.9. The topological polar surface area (TPSA) is 120 Å². The quantitative estimate of drug-likeness (QED) is 0.411. The summed E-state index contributed by atoms with van der Waals surface area (Å²) in [6.07, 6.45) is -1.97. The number of nitrogens with zero attached hydrogens (tertiary/aromatic N) is 3. The number of aliphatic hydroxyl groups is 1. The molecule has 0 aliphatic carbocycles. The Morgan fingerprint density at radius 1 is 1.12 bits per heavy atom. The van der Waals surface area contributed by atoms with E-state index in [1.165, 1.54) is 0 Å². The number of carboxylic acids is 1. The number of carbonyl (C=O) groups is 1. The standard InChI is InChI=1S/C21H20F3N5O3/c1-12-8-14(13-2-3-18(26-11-13)28-16(5-7-30)19(31)32)10-15(9-12)27-20-25-6-4-17(29-20)21(22,23)24/h2-4,6,8-11,16,30H,5,7H2,1H3,(H,26,28)(H,31,32)(H,25,27,29). The smallest absolute Gasteiger partial charge is 0.433 e. The lowest BCUT2D eigenvalue weighted by Crippen LogP contribution is -2.30. The highest BCUT2D eigenvalue weighted by Gasteiger charge is 2.32. The second-order valence-electron chi connectivity index (χ2n) is 6.96. The summed E-state index contributed by atoms with van der Waals surface area (Å²) in [6, 6.07) is 8.48. The maximum absolute atomic E-state index is 12.9. The van der Waals surface area contributed by atoms with Crippen LogP contribution in [0.3, 0.4) is 0 Å². The van der Waals surface area contributed by atoms with Crippen molar-refractivity contribution in [3.05, 3.63) is 60.0 Å². The molecule has 0 fully saturated rings. The van der Waals surface area contributed by atoms with Gasteiger partial charge in [0.2, 0.25) is 5.95 Å². The number of aromatic nitrogens is 3. The Bertz CT molecular complexity index is 1090. The van der Waals surface area contributed by atoms with Gasteiger partial charge in [-0.25, -0.2) is 19.7 Å². The van der Waals surface area contributed by atoms with Gasteiger partial charge in [-0.05, 0) is 48.4 Å². The molecule has 1 aromatic carbocycles. The van der Waals surface area contributed by atoms with E-state index in [9.17, 15) is 18.0 Å². The number of aryl methyl sites for hydroxylation is 1. The lowest BCUT2D eigenvalue weighted by molar-refractivity contribution is -0.141. The number of pyridine rings is 1. The summed E-state index contributed by atoms with van der Waals surface area (Å²) in [5.41, 5.74) is 1.74. The molecule has 1 unspecified atom stereocenters. The lowest BCUT2D eigenvalue weighted by atomic mass is 10.0. The molecule has 0 bridgehead atoms. The van der Waals surface area contributed by atoms with Crippen molar-refractivity contribution >= 4 is 23.4 Å². The van der Waals surface area contributed by atoms with Crippen LogP contribution in [0.15, 0.2) is 48.8 Å². The predicted molar refractivity (Wildman–Crippen MR) is 111 cm³/mol. The fourth-order valence-electron chi connectivity index (χ4n) is 2.94. The van der Waals surface area contributed by atoms with Crippen molar-refractivity contribution in [2.24, 2.45) is 0 Å². The molecule has 0 spiro atoms. The number of aliphatic carboxylic acids is 1. The van der Waals surface area contributed by atoms with Crippen LogP contribution >= 0.6 is 0 Å². The number of hydrogen-bond acceptors (Lipinski definition) is 7. The average molecular weight is 447 g/mol. The summed E-state index contributed by atoms with van der Waals surface area (Å²) in [7, 11) is 0. The second-order valence-corrected chi connectivity index (χ2v) is 6.96. The van der Waals surface area contributed by atoms with Crippen LogP contribution in [-0.2, 0) is 11.0 Å². The normalized spacial score (nSPS) is 12.3. The van der Waals surface area contributed by atoms with E-state index >= 15 is 0 Å². The van der Waals surface area contributed by atoms with Crippen LogP contribution in [0.5, 0.6) is 0 Å². The Balaban J connectivity index is 1.81. The summed E-state index contributed by atoms with van der Waals surface area (Å²) in [5, 5.41) is 23.7. The van der Waals surface area contributed by atoms with Crippen molar-refractivity contribution < 1.29 is 28.2 Å². The average Bonchev–Trinajstić information content (AvgIpc) is 2.73. The molecule has 0 saturated carbocycles. The van der Waals surface area contributed by atoms with Crippen LogP contribution in [0, 0.1) is 6.92 Å². The van der Waals surface area contributed by atoms with Gasteiger partial charge in [0.15, 0.2) is 0 Å². The summed E-state index contributed by atoms with van der Waals surface area (Å²) in [6.45, 7) is 1.55. The number of rotatable bonds is 8. The maximum Gasteiger partial charge on any atom is 0.433 e. The molecule has 168 valence electrons. The number of aliphatic hydroxyl groups excluding tert-OH is 1. The minimum atomic E-state index is -4.57. The van der Waals surface area contributed by atoms with Crippen molar-refractivity contribution in [3.8, 4) is 11.1 Å². The fraction of sp³-hybridized carbons (Fsp3) is 0.238. The summed E-state index contributed by atoms with van der Waals surface area (Å²) < 4.78 is 38.6. The van der Waals surface area contributed by atoms with Crippen molar-refractivity contribution in [1.29, 1.82) is 0 Å². The molecule has 0 aliphatic heterocycles. The first-order valence-electron chi connectivity index (χ1n) is 9.51. The van der Waals surface area contributed by atoms with Crippen LogP contribution in [0.4, 0.5) is 30.6 Å². The van der Waals surface area contributed by atoms with Crippen LogP contribution in [0.2, 0.25) is 0 Å². The molecule has 4 N–H and O–H groups in total. The summed E-state index contributed by atoms with van der Waals surface area (Å²) in [4.78, 5) is 22.8. The zero-order chi connectivity index (χ0) is 23.3. The number of hydrogen-bond donors (Lipinski definition) is 4. The van der Waals surface area contributed by atoms with Gasteiger partial charge >= 0.3 is 12.1 Å². The van der Waals surface area contributed by atoms with Gasteiger partial charge in [0.1, 0.15) is 17.6 Å². The van der Waals surface area contributed by atoms with Gasteiger partial charge in [-0.1, -0.05) is 6.07 Å². The Morgan fingerprint density at radius 2 is 1.91 bits per heavy atom. The molecule has 0 amide bonds. The van der Waals surface area contributed by atoms with E-state index in [2.05, 4.69) is 25.6 Å². The largest absolute Gasteiger partial charge is 0.480 e.